The lowest BCUT2D eigenvalue weighted by Gasteiger charge is -2.19. The van der Waals surface area contributed by atoms with Crippen molar-refractivity contribution in [1.82, 2.24) is 0 Å². The zero-order valence-corrected chi connectivity index (χ0v) is 14.9. The maximum absolute atomic E-state index is 14.6. The second-order valence-electron chi connectivity index (χ2n) is 7.22. The molecule has 0 spiro atoms. The van der Waals surface area contributed by atoms with E-state index in [-0.39, 0.29) is 12.0 Å². The molecule has 2 aromatic carbocycles. The molecule has 3 rings (SSSR count). The Kier molecular flexibility index (Phi) is 4.65. The lowest BCUT2D eigenvalue weighted by atomic mass is 9.88. The SMILES string of the molecule is Cc1cc(C)c(-c2cc(C)c(F)c(C(N)CC(=O)O)c2)c(C2CC2)c1. The minimum Gasteiger partial charge on any atom is -0.481 e. The molecule has 0 aromatic heterocycles. The summed E-state index contributed by atoms with van der Waals surface area (Å²) in [6.07, 6.45) is 2.07. The summed E-state index contributed by atoms with van der Waals surface area (Å²) in [6, 6.07) is 7.08. The van der Waals surface area contributed by atoms with Gasteiger partial charge in [-0.05, 0) is 79.5 Å². The smallest absolute Gasteiger partial charge is 0.305 e. The van der Waals surface area contributed by atoms with Crippen LogP contribution in [0.5, 0.6) is 0 Å². The van der Waals surface area contributed by atoms with Crippen molar-refractivity contribution in [3.63, 3.8) is 0 Å². The second-order valence-corrected chi connectivity index (χ2v) is 7.22. The maximum atomic E-state index is 14.6. The zero-order chi connectivity index (χ0) is 18.3. The standard InChI is InChI=1S/C21H24FNO2/c1-11-6-12(2)20(16(7-11)14-4-5-14)15-8-13(3)21(22)17(9-15)18(23)10-19(24)25/h6-9,14,18H,4-5,10,23H2,1-3H3,(H,24,25). The molecule has 0 radical (unpaired) electrons. The highest BCUT2D eigenvalue weighted by molar-refractivity contribution is 5.74. The van der Waals surface area contributed by atoms with Gasteiger partial charge in [-0.25, -0.2) is 4.39 Å². The third-order valence-corrected chi connectivity index (χ3v) is 4.89. The highest BCUT2D eigenvalue weighted by Gasteiger charge is 2.28. The Morgan fingerprint density at radius 3 is 2.48 bits per heavy atom. The fraction of sp³-hybridized carbons (Fsp3) is 0.381. The van der Waals surface area contributed by atoms with Crippen LogP contribution in [-0.2, 0) is 4.79 Å². The molecule has 2 aromatic rings. The predicted octanol–water partition coefficient (Wildman–Crippen LogP) is 4.77. The van der Waals surface area contributed by atoms with Gasteiger partial charge in [0.2, 0.25) is 0 Å². The Labute approximate surface area is 147 Å². The molecule has 0 saturated heterocycles. The van der Waals surface area contributed by atoms with Crippen molar-refractivity contribution < 1.29 is 14.3 Å². The molecule has 0 heterocycles. The van der Waals surface area contributed by atoms with Crippen molar-refractivity contribution in [3.05, 3.63) is 57.9 Å². The summed E-state index contributed by atoms with van der Waals surface area (Å²) in [4.78, 5) is 11.0. The van der Waals surface area contributed by atoms with Gasteiger partial charge < -0.3 is 10.8 Å². The number of rotatable bonds is 5. The van der Waals surface area contributed by atoms with Crippen molar-refractivity contribution >= 4 is 5.97 Å². The molecule has 0 aliphatic heterocycles. The van der Waals surface area contributed by atoms with Crippen LogP contribution >= 0.6 is 0 Å². The van der Waals surface area contributed by atoms with E-state index in [0.29, 0.717) is 11.5 Å². The number of hydrogen-bond acceptors (Lipinski definition) is 2. The lowest BCUT2D eigenvalue weighted by molar-refractivity contribution is -0.137. The number of hydrogen-bond donors (Lipinski definition) is 2. The quantitative estimate of drug-likeness (QED) is 0.823. The Balaban J connectivity index is 2.16. The number of halogens is 1. The van der Waals surface area contributed by atoms with E-state index >= 15 is 0 Å². The van der Waals surface area contributed by atoms with Crippen LogP contribution in [0.25, 0.3) is 11.1 Å². The number of carbonyl (C=O) groups is 1. The molecule has 1 atom stereocenters. The van der Waals surface area contributed by atoms with Gasteiger partial charge in [0.25, 0.3) is 0 Å². The first-order chi connectivity index (χ1) is 11.8. The van der Waals surface area contributed by atoms with E-state index < -0.39 is 17.8 Å². The molecule has 3 N–H and O–H groups in total. The van der Waals surface area contributed by atoms with E-state index in [1.807, 2.05) is 6.07 Å². The predicted molar refractivity (Wildman–Crippen MR) is 97.2 cm³/mol. The van der Waals surface area contributed by atoms with E-state index in [1.54, 1.807) is 13.0 Å². The van der Waals surface area contributed by atoms with Gasteiger partial charge in [0.15, 0.2) is 0 Å². The first-order valence-corrected chi connectivity index (χ1v) is 8.67. The van der Waals surface area contributed by atoms with Crippen molar-refractivity contribution in [1.29, 1.82) is 0 Å². The normalized spacial score (nSPS) is 15.2. The number of aryl methyl sites for hydroxylation is 3. The Hall–Kier alpha value is -2.20. The molecule has 1 unspecified atom stereocenters. The summed E-state index contributed by atoms with van der Waals surface area (Å²) in [6.45, 7) is 5.87. The van der Waals surface area contributed by atoms with Crippen LogP contribution in [0, 0.1) is 26.6 Å². The summed E-state index contributed by atoms with van der Waals surface area (Å²) in [7, 11) is 0. The van der Waals surface area contributed by atoms with Crippen LogP contribution in [0.2, 0.25) is 0 Å². The third-order valence-electron chi connectivity index (χ3n) is 4.89. The van der Waals surface area contributed by atoms with Gasteiger partial charge in [-0.15, -0.1) is 0 Å². The van der Waals surface area contributed by atoms with Crippen molar-refractivity contribution in [2.75, 3.05) is 0 Å². The molecular formula is C21H24FNO2. The van der Waals surface area contributed by atoms with Crippen LogP contribution < -0.4 is 5.73 Å². The van der Waals surface area contributed by atoms with E-state index in [1.165, 1.54) is 24.0 Å². The average molecular weight is 341 g/mol. The van der Waals surface area contributed by atoms with Crippen LogP contribution in [0.3, 0.4) is 0 Å². The second kappa shape index (κ2) is 6.60. The van der Waals surface area contributed by atoms with Crippen LogP contribution in [0.15, 0.2) is 24.3 Å². The van der Waals surface area contributed by atoms with E-state index in [9.17, 15) is 9.18 Å². The minimum atomic E-state index is -1.03. The van der Waals surface area contributed by atoms with Crippen molar-refractivity contribution in [2.24, 2.45) is 5.73 Å². The summed E-state index contributed by atoms with van der Waals surface area (Å²) < 4.78 is 14.6. The maximum Gasteiger partial charge on any atom is 0.305 e. The van der Waals surface area contributed by atoms with E-state index in [2.05, 4.69) is 26.0 Å². The fourth-order valence-corrected chi connectivity index (χ4v) is 3.62. The Bertz CT molecular complexity index is 840. The van der Waals surface area contributed by atoms with Crippen molar-refractivity contribution in [2.45, 2.75) is 52.0 Å². The molecule has 132 valence electrons. The van der Waals surface area contributed by atoms with E-state index in [4.69, 9.17) is 10.8 Å². The van der Waals surface area contributed by atoms with Crippen LogP contribution in [0.1, 0.15) is 59.0 Å². The molecule has 1 saturated carbocycles. The van der Waals surface area contributed by atoms with Gasteiger partial charge >= 0.3 is 5.97 Å². The molecule has 1 aliphatic carbocycles. The summed E-state index contributed by atoms with van der Waals surface area (Å²) >= 11 is 0. The Morgan fingerprint density at radius 2 is 1.88 bits per heavy atom. The number of benzene rings is 2. The topological polar surface area (TPSA) is 63.3 Å². The largest absolute Gasteiger partial charge is 0.481 e. The Morgan fingerprint density at radius 1 is 1.20 bits per heavy atom. The zero-order valence-electron chi connectivity index (χ0n) is 14.9. The molecule has 1 aliphatic rings. The fourth-order valence-electron chi connectivity index (χ4n) is 3.62. The van der Waals surface area contributed by atoms with Crippen LogP contribution in [0.4, 0.5) is 4.39 Å². The first-order valence-electron chi connectivity index (χ1n) is 8.67. The minimum absolute atomic E-state index is 0.277. The molecule has 3 nitrogen and oxygen atoms in total. The number of aliphatic carboxylic acids is 1. The highest BCUT2D eigenvalue weighted by atomic mass is 19.1. The van der Waals surface area contributed by atoms with Gasteiger partial charge in [-0.3, -0.25) is 4.79 Å². The van der Waals surface area contributed by atoms with Gasteiger partial charge in [0.1, 0.15) is 5.82 Å². The molecule has 0 amide bonds. The lowest BCUT2D eigenvalue weighted by Crippen LogP contribution is -2.17. The molecule has 0 bridgehead atoms. The average Bonchev–Trinajstić information content (AvgIpc) is 3.33. The number of carboxylic acids is 1. The van der Waals surface area contributed by atoms with Crippen molar-refractivity contribution in [3.8, 4) is 11.1 Å². The third kappa shape index (κ3) is 3.59. The van der Waals surface area contributed by atoms with E-state index in [0.717, 1.165) is 16.7 Å². The number of nitrogens with two attached hydrogens (primary N) is 1. The van der Waals surface area contributed by atoms with Gasteiger partial charge in [-0.1, -0.05) is 17.7 Å². The number of carboxylic acid groups (broad SMARTS) is 1. The molecule has 4 heteroatoms. The highest BCUT2D eigenvalue weighted by Crippen LogP contribution is 2.46. The van der Waals surface area contributed by atoms with Gasteiger partial charge in [0, 0.05) is 11.6 Å². The van der Waals surface area contributed by atoms with Gasteiger partial charge in [0.05, 0.1) is 6.42 Å². The summed E-state index contributed by atoms with van der Waals surface area (Å²) in [5.74, 6) is -0.870. The summed E-state index contributed by atoms with van der Waals surface area (Å²) in [5.41, 5.74) is 12.5. The molecule has 25 heavy (non-hydrogen) atoms. The monoisotopic (exact) mass is 341 g/mol. The van der Waals surface area contributed by atoms with Gasteiger partial charge in [-0.2, -0.15) is 0 Å². The molecular weight excluding hydrogens is 317 g/mol. The molecule has 1 fully saturated rings. The summed E-state index contributed by atoms with van der Waals surface area (Å²) in [5, 5.41) is 8.99. The van der Waals surface area contributed by atoms with Crippen LogP contribution in [-0.4, -0.2) is 11.1 Å². The first kappa shape index (κ1) is 17.6.